The molecule has 0 radical (unpaired) electrons. The van der Waals surface area contributed by atoms with Gasteiger partial charge in [0.15, 0.2) is 0 Å². The molecule has 0 bridgehead atoms. The SMILES string of the molecule is CCNC(c1ccc(OC2CC2)cc1)c1cscn1. The van der Waals surface area contributed by atoms with Gasteiger partial charge in [0, 0.05) is 5.38 Å². The lowest BCUT2D eigenvalue weighted by Crippen LogP contribution is -2.22. The zero-order valence-corrected chi connectivity index (χ0v) is 11.8. The summed E-state index contributed by atoms with van der Waals surface area (Å²) in [4.78, 5) is 4.42. The zero-order valence-electron chi connectivity index (χ0n) is 11.0. The third kappa shape index (κ3) is 3.14. The van der Waals surface area contributed by atoms with E-state index in [9.17, 15) is 0 Å². The van der Waals surface area contributed by atoms with Crippen molar-refractivity contribution in [1.82, 2.24) is 10.3 Å². The first-order valence-electron chi connectivity index (χ1n) is 6.75. The molecule has 2 aromatic rings. The van der Waals surface area contributed by atoms with Crippen molar-refractivity contribution in [2.24, 2.45) is 0 Å². The van der Waals surface area contributed by atoms with Crippen LogP contribution in [0.15, 0.2) is 35.2 Å². The average molecular weight is 274 g/mol. The van der Waals surface area contributed by atoms with Crippen LogP contribution in [0.5, 0.6) is 5.75 Å². The fraction of sp³-hybridized carbons (Fsp3) is 0.400. The number of ether oxygens (including phenoxy) is 1. The first-order chi connectivity index (χ1) is 9.36. The monoisotopic (exact) mass is 274 g/mol. The van der Waals surface area contributed by atoms with Crippen LogP contribution in [0, 0.1) is 0 Å². The Morgan fingerprint density at radius 3 is 2.74 bits per heavy atom. The molecule has 0 saturated heterocycles. The molecule has 1 aromatic heterocycles. The van der Waals surface area contributed by atoms with Gasteiger partial charge >= 0.3 is 0 Å². The predicted octanol–water partition coefficient (Wildman–Crippen LogP) is 3.38. The Balaban J connectivity index is 1.77. The molecule has 1 atom stereocenters. The molecular formula is C15H18N2OS. The van der Waals surface area contributed by atoms with Crippen LogP contribution in [0.25, 0.3) is 0 Å². The molecule has 1 aliphatic carbocycles. The lowest BCUT2D eigenvalue weighted by atomic mass is 10.0. The predicted molar refractivity (Wildman–Crippen MR) is 77.7 cm³/mol. The lowest BCUT2D eigenvalue weighted by Gasteiger charge is -2.16. The van der Waals surface area contributed by atoms with E-state index in [0.29, 0.717) is 6.10 Å². The molecule has 4 heteroatoms. The topological polar surface area (TPSA) is 34.1 Å². The van der Waals surface area contributed by atoms with Gasteiger partial charge in [-0.1, -0.05) is 19.1 Å². The van der Waals surface area contributed by atoms with E-state index in [2.05, 4.69) is 46.9 Å². The summed E-state index contributed by atoms with van der Waals surface area (Å²) in [6.07, 6.45) is 2.84. The Hall–Kier alpha value is -1.39. The first-order valence-corrected chi connectivity index (χ1v) is 7.69. The highest BCUT2D eigenvalue weighted by Gasteiger charge is 2.23. The molecule has 19 heavy (non-hydrogen) atoms. The van der Waals surface area contributed by atoms with Crippen LogP contribution in [0.1, 0.15) is 37.1 Å². The Bertz CT molecular complexity index is 505. The molecule has 0 aliphatic heterocycles. The quantitative estimate of drug-likeness (QED) is 0.877. The second kappa shape index (κ2) is 5.72. The maximum absolute atomic E-state index is 5.78. The minimum atomic E-state index is 0.172. The highest BCUT2D eigenvalue weighted by molar-refractivity contribution is 7.07. The summed E-state index contributed by atoms with van der Waals surface area (Å²) in [5.74, 6) is 0.972. The largest absolute Gasteiger partial charge is 0.490 e. The lowest BCUT2D eigenvalue weighted by molar-refractivity contribution is 0.303. The van der Waals surface area contributed by atoms with Gasteiger partial charge in [-0.15, -0.1) is 11.3 Å². The van der Waals surface area contributed by atoms with Crippen molar-refractivity contribution in [2.75, 3.05) is 6.54 Å². The fourth-order valence-electron chi connectivity index (χ4n) is 2.08. The molecule has 0 amide bonds. The Kier molecular flexibility index (Phi) is 3.80. The van der Waals surface area contributed by atoms with Crippen molar-refractivity contribution in [1.29, 1.82) is 0 Å². The molecule has 3 nitrogen and oxygen atoms in total. The fourth-order valence-corrected chi connectivity index (χ4v) is 2.66. The molecule has 1 saturated carbocycles. The number of nitrogens with one attached hydrogen (secondary N) is 1. The Morgan fingerprint density at radius 1 is 1.37 bits per heavy atom. The summed E-state index contributed by atoms with van der Waals surface area (Å²) in [5, 5.41) is 5.58. The van der Waals surface area contributed by atoms with Crippen molar-refractivity contribution in [3.8, 4) is 5.75 Å². The van der Waals surface area contributed by atoms with E-state index in [4.69, 9.17) is 4.74 Å². The molecule has 1 unspecified atom stereocenters. The standard InChI is InChI=1S/C15H18N2OS/c1-2-16-15(14-9-19-10-17-14)11-3-5-12(6-4-11)18-13-7-8-13/h3-6,9-10,13,15-16H,2,7-8H2,1H3. The maximum atomic E-state index is 5.78. The third-order valence-corrected chi connectivity index (χ3v) is 3.80. The van der Waals surface area contributed by atoms with Crippen molar-refractivity contribution in [3.05, 3.63) is 46.4 Å². The normalized spacial score (nSPS) is 16.3. The smallest absolute Gasteiger partial charge is 0.119 e. The van der Waals surface area contributed by atoms with Crippen molar-refractivity contribution in [2.45, 2.75) is 31.9 Å². The van der Waals surface area contributed by atoms with Crippen LogP contribution in [0.4, 0.5) is 0 Å². The zero-order chi connectivity index (χ0) is 13.1. The summed E-state index contributed by atoms with van der Waals surface area (Å²) in [7, 11) is 0. The summed E-state index contributed by atoms with van der Waals surface area (Å²) < 4.78 is 5.78. The van der Waals surface area contributed by atoms with Crippen molar-refractivity contribution < 1.29 is 4.74 Å². The highest BCUT2D eigenvalue weighted by Crippen LogP contribution is 2.28. The van der Waals surface area contributed by atoms with Gasteiger partial charge in [0.1, 0.15) is 5.75 Å². The number of rotatable bonds is 6. The van der Waals surface area contributed by atoms with Gasteiger partial charge in [-0.3, -0.25) is 0 Å². The van der Waals surface area contributed by atoms with Gasteiger partial charge in [-0.05, 0) is 37.1 Å². The molecular weight excluding hydrogens is 256 g/mol. The first kappa shape index (κ1) is 12.6. The summed E-state index contributed by atoms with van der Waals surface area (Å²) in [5.41, 5.74) is 4.20. The molecule has 1 aromatic carbocycles. The third-order valence-electron chi connectivity index (χ3n) is 3.20. The number of thiazole rings is 1. The van der Waals surface area contributed by atoms with Gasteiger partial charge in [-0.2, -0.15) is 0 Å². The molecule has 0 spiro atoms. The minimum Gasteiger partial charge on any atom is -0.490 e. The summed E-state index contributed by atoms with van der Waals surface area (Å²) in [6.45, 7) is 3.03. The van der Waals surface area contributed by atoms with Crippen LogP contribution in [-0.2, 0) is 0 Å². The number of hydrogen-bond acceptors (Lipinski definition) is 4. The van der Waals surface area contributed by atoms with Crippen LogP contribution < -0.4 is 10.1 Å². The van der Waals surface area contributed by atoms with Crippen LogP contribution in [0.2, 0.25) is 0 Å². The van der Waals surface area contributed by atoms with E-state index >= 15 is 0 Å². The molecule has 1 aliphatic rings. The molecule has 3 rings (SSSR count). The number of hydrogen-bond donors (Lipinski definition) is 1. The van der Waals surface area contributed by atoms with E-state index in [-0.39, 0.29) is 6.04 Å². The maximum Gasteiger partial charge on any atom is 0.119 e. The number of aromatic nitrogens is 1. The van der Waals surface area contributed by atoms with Crippen LogP contribution >= 0.6 is 11.3 Å². The highest BCUT2D eigenvalue weighted by atomic mass is 32.1. The molecule has 1 N–H and O–H groups in total. The summed E-state index contributed by atoms with van der Waals surface area (Å²) >= 11 is 1.63. The van der Waals surface area contributed by atoms with E-state index in [0.717, 1.165) is 18.0 Å². The molecule has 100 valence electrons. The van der Waals surface area contributed by atoms with Crippen LogP contribution in [0.3, 0.4) is 0 Å². The van der Waals surface area contributed by atoms with Gasteiger partial charge < -0.3 is 10.1 Å². The second-order valence-electron chi connectivity index (χ2n) is 4.79. The molecule has 1 fully saturated rings. The van der Waals surface area contributed by atoms with Gasteiger partial charge in [0.05, 0.1) is 23.4 Å². The van der Waals surface area contributed by atoms with Gasteiger partial charge in [-0.25, -0.2) is 4.98 Å². The van der Waals surface area contributed by atoms with E-state index in [1.807, 2.05) is 5.51 Å². The Morgan fingerprint density at radius 2 is 2.16 bits per heavy atom. The van der Waals surface area contributed by atoms with E-state index in [1.54, 1.807) is 11.3 Å². The number of benzene rings is 1. The van der Waals surface area contributed by atoms with Gasteiger partial charge in [0.25, 0.3) is 0 Å². The van der Waals surface area contributed by atoms with Crippen molar-refractivity contribution in [3.63, 3.8) is 0 Å². The van der Waals surface area contributed by atoms with Gasteiger partial charge in [0.2, 0.25) is 0 Å². The number of nitrogens with zero attached hydrogens (tertiary/aromatic N) is 1. The second-order valence-corrected chi connectivity index (χ2v) is 5.51. The Labute approximate surface area is 117 Å². The van der Waals surface area contributed by atoms with Crippen molar-refractivity contribution >= 4 is 11.3 Å². The van der Waals surface area contributed by atoms with Crippen LogP contribution in [-0.4, -0.2) is 17.6 Å². The average Bonchev–Trinajstić information content (AvgIpc) is 3.08. The summed E-state index contributed by atoms with van der Waals surface area (Å²) in [6, 6.07) is 8.55. The van der Waals surface area contributed by atoms with E-state index in [1.165, 1.54) is 18.4 Å². The molecule has 1 heterocycles. The van der Waals surface area contributed by atoms with E-state index < -0.39 is 0 Å². The minimum absolute atomic E-state index is 0.172.